The van der Waals surface area contributed by atoms with Crippen molar-refractivity contribution in [2.45, 2.75) is 39.5 Å². The minimum absolute atomic E-state index is 0.275. The van der Waals surface area contributed by atoms with Crippen LogP contribution in [0.1, 0.15) is 24.2 Å². The van der Waals surface area contributed by atoms with E-state index in [0.717, 1.165) is 10.2 Å². The second-order valence-electron chi connectivity index (χ2n) is 5.66. The molecule has 0 aliphatic heterocycles. The van der Waals surface area contributed by atoms with E-state index >= 15 is 0 Å². The first-order valence-electron chi connectivity index (χ1n) is 5.97. The Bertz CT molecular complexity index is 455. The zero-order valence-electron chi connectivity index (χ0n) is 11.5. The van der Waals surface area contributed by atoms with Crippen molar-refractivity contribution in [3.8, 4) is 0 Å². The summed E-state index contributed by atoms with van der Waals surface area (Å²) in [6.07, 6.45) is 0. The van der Waals surface area contributed by atoms with Crippen LogP contribution in [0.4, 0.5) is 0 Å². The summed E-state index contributed by atoms with van der Waals surface area (Å²) in [5, 5.41) is 11.9. The van der Waals surface area contributed by atoms with Gasteiger partial charge in [-0.15, -0.1) is 0 Å². The Balaban J connectivity index is 3.36. The van der Waals surface area contributed by atoms with Gasteiger partial charge in [0.15, 0.2) is 0 Å². The molecule has 1 aromatic rings. The minimum atomic E-state index is -1.70. The second-order valence-corrected chi connectivity index (χ2v) is 11.1. The van der Waals surface area contributed by atoms with E-state index in [1.807, 2.05) is 12.1 Å². The normalized spacial score (nSPS) is 11.8. The Labute approximate surface area is 114 Å². The van der Waals surface area contributed by atoms with Crippen LogP contribution < -0.4 is 5.19 Å². The fraction of sp³-hybridized carbons (Fsp3) is 0.462. The predicted molar refractivity (Wildman–Crippen MR) is 77.5 cm³/mol. The highest BCUT2D eigenvalue weighted by Gasteiger charge is 2.28. The number of carbonyl (C=O) groups excluding carboxylic acids is 1. The molecule has 0 heterocycles. The third-order valence-corrected chi connectivity index (χ3v) is 5.08. The number of halogens is 1. The Morgan fingerprint density at radius 2 is 1.89 bits per heavy atom. The van der Waals surface area contributed by atoms with E-state index in [1.165, 1.54) is 0 Å². The van der Waals surface area contributed by atoms with Crippen LogP contribution in [0, 0.1) is 0 Å². The van der Waals surface area contributed by atoms with Gasteiger partial charge in [0, 0.05) is 0 Å². The maximum atomic E-state index is 12.3. The Morgan fingerprint density at radius 3 is 2.33 bits per heavy atom. The Hall–Kier alpha value is -0.843. The molecule has 0 aliphatic carbocycles. The van der Waals surface area contributed by atoms with E-state index in [2.05, 4.69) is 19.6 Å². The zero-order valence-corrected chi connectivity index (χ0v) is 13.2. The van der Waals surface area contributed by atoms with Gasteiger partial charge in [0.1, 0.15) is 0 Å². The quantitative estimate of drug-likeness (QED) is 0.527. The lowest BCUT2D eigenvalue weighted by atomic mass is 10.2. The van der Waals surface area contributed by atoms with Crippen molar-refractivity contribution in [3.63, 3.8) is 0 Å². The molecule has 5 heteroatoms. The molecule has 0 atom stereocenters. The fourth-order valence-electron chi connectivity index (χ4n) is 1.72. The first-order valence-corrected chi connectivity index (χ1v) is 9.85. The van der Waals surface area contributed by atoms with Gasteiger partial charge in [-0.3, -0.25) is 10.0 Å². The van der Waals surface area contributed by atoms with Crippen LogP contribution in [0.3, 0.4) is 0 Å². The minimum Gasteiger partial charge on any atom is -0.285 e. The van der Waals surface area contributed by atoms with Crippen LogP contribution in [0.15, 0.2) is 18.2 Å². The van der Waals surface area contributed by atoms with Gasteiger partial charge in [-0.05, 0) is 25.1 Å². The van der Waals surface area contributed by atoms with Crippen molar-refractivity contribution in [1.82, 2.24) is 5.06 Å². The summed E-state index contributed by atoms with van der Waals surface area (Å²) < 4.78 is 0. The van der Waals surface area contributed by atoms with E-state index in [4.69, 9.17) is 11.6 Å². The van der Waals surface area contributed by atoms with E-state index in [-0.39, 0.29) is 6.04 Å². The summed E-state index contributed by atoms with van der Waals surface area (Å²) in [5.41, 5.74) is 0.439. The van der Waals surface area contributed by atoms with E-state index < -0.39 is 14.0 Å². The molecule has 18 heavy (non-hydrogen) atoms. The number of hydroxylamine groups is 2. The molecule has 0 bridgehead atoms. The molecule has 1 rings (SSSR count). The molecule has 1 aromatic carbocycles. The number of nitrogens with zero attached hydrogens (tertiary/aromatic N) is 1. The highest BCUT2D eigenvalue weighted by atomic mass is 35.5. The Morgan fingerprint density at radius 1 is 1.33 bits per heavy atom. The van der Waals surface area contributed by atoms with Crippen LogP contribution in [-0.2, 0) is 0 Å². The van der Waals surface area contributed by atoms with Gasteiger partial charge < -0.3 is 0 Å². The maximum Gasteiger partial charge on any atom is 0.278 e. The molecular weight excluding hydrogens is 266 g/mol. The SMILES string of the molecule is CC(C)N(O)C(=O)c1c(Cl)cccc1[Si](C)(C)C. The van der Waals surface area contributed by atoms with Gasteiger partial charge in [-0.2, -0.15) is 0 Å². The molecule has 0 spiro atoms. The topological polar surface area (TPSA) is 40.5 Å². The number of hydrogen-bond acceptors (Lipinski definition) is 2. The molecule has 0 aromatic heterocycles. The molecule has 1 amide bonds. The molecule has 0 saturated heterocycles. The molecule has 0 unspecified atom stereocenters. The average molecular weight is 286 g/mol. The molecule has 1 N–H and O–H groups in total. The van der Waals surface area contributed by atoms with Crippen LogP contribution in [-0.4, -0.2) is 30.3 Å². The van der Waals surface area contributed by atoms with Crippen molar-refractivity contribution < 1.29 is 10.0 Å². The number of amides is 1. The van der Waals surface area contributed by atoms with Gasteiger partial charge in [0.25, 0.3) is 5.91 Å². The van der Waals surface area contributed by atoms with E-state index in [9.17, 15) is 10.0 Å². The fourth-order valence-corrected chi connectivity index (χ4v) is 3.64. The number of carbonyl (C=O) groups is 1. The third-order valence-electron chi connectivity index (χ3n) is 2.73. The van der Waals surface area contributed by atoms with E-state index in [1.54, 1.807) is 19.9 Å². The summed E-state index contributed by atoms with van der Waals surface area (Å²) in [4.78, 5) is 12.3. The molecule has 100 valence electrons. The van der Waals surface area contributed by atoms with Crippen LogP contribution in [0.5, 0.6) is 0 Å². The standard InChI is InChI=1S/C13H20ClNO2Si/c1-9(2)15(17)13(16)12-10(14)7-6-8-11(12)18(3,4)5/h6-9,17H,1-5H3. The second kappa shape index (κ2) is 5.43. The van der Waals surface area contributed by atoms with Gasteiger partial charge in [0.2, 0.25) is 0 Å². The Kier molecular flexibility index (Phi) is 4.59. The lowest BCUT2D eigenvalue weighted by Crippen LogP contribution is -2.45. The third kappa shape index (κ3) is 3.13. The van der Waals surface area contributed by atoms with Crippen LogP contribution in [0.2, 0.25) is 24.7 Å². The van der Waals surface area contributed by atoms with E-state index in [0.29, 0.717) is 10.6 Å². The van der Waals surface area contributed by atoms with Gasteiger partial charge in [0.05, 0.1) is 24.7 Å². The lowest BCUT2D eigenvalue weighted by Gasteiger charge is -2.25. The van der Waals surface area contributed by atoms with Crippen molar-refractivity contribution in [2.75, 3.05) is 0 Å². The molecule has 0 aliphatic rings. The van der Waals surface area contributed by atoms with Gasteiger partial charge in [-0.25, -0.2) is 5.06 Å². The molecule has 0 fully saturated rings. The summed E-state index contributed by atoms with van der Waals surface area (Å²) in [5.74, 6) is -0.423. The predicted octanol–water partition coefficient (Wildman–Crippen LogP) is 3.13. The van der Waals surface area contributed by atoms with Crippen molar-refractivity contribution >= 4 is 30.8 Å². The number of hydrogen-bond donors (Lipinski definition) is 1. The van der Waals surface area contributed by atoms with Crippen molar-refractivity contribution in [1.29, 1.82) is 0 Å². The molecule has 0 saturated carbocycles. The van der Waals surface area contributed by atoms with Crippen LogP contribution in [0.25, 0.3) is 0 Å². The highest BCUT2D eigenvalue weighted by Crippen LogP contribution is 2.19. The summed E-state index contributed by atoms with van der Waals surface area (Å²) in [6, 6.07) is 5.19. The van der Waals surface area contributed by atoms with Gasteiger partial charge >= 0.3 is 0 Å². The smallest absolute Gasteiger partial charge is 0.278 e. The first-order chi connectivity index (χ1) is 8.16. The highest BCUT2D eigenvalue weighted by molar-refractivity contribution is 6.89. The summed E-state index contributed by atoms with van der Waals surface area (Å²) in [6.45, 7) is 9.94. The molecular formula is C13H20ClNO2Si. The largest absolute Gasteiger partial charge is 0.285 e. The first kappa shape index (κ1) is 15.2. The van der Waals surface area contributed by atoms with Crippen molar-refractivity contribution in [2.24, 2.45) is 0 Å². The lowest BCUT2D eigenvalue weighted by molar-refractivity contribution is -0.0793. The summed E-state index contributed by atoms with van der Waals surface area (Å²) >= 11 is 6.14. The number of rotatable bonds is 3. The zero-order chi connectivity index (χ0) is 14.1. The number of benzene rings is 1. The van der Waals surface area contributed by atoms with Crippen LogP contribution >= 0.6 is 11.6 Å². The molecule has 0 radical (unpaired) electrons. The maximum absolute atomic E-state index is 12.3. The molecule has 3 nitrogen and oxygen atoms in total. The van der Waals surface area contributed by atoms with Crippen molar-refractivity contribution in [3.05, 3.63) is 28.8 Å². The van der Waals surface area contributed by atoms with Gasteiger partial charge in [-0.1, -0.05) is 43.4 Å². The average Bonchev–Trinajstić information content (AvgIpc) is 2.25. The monoisotopic (exact) mass is 285 g/mol. The summed E-state index contributed by atoms with van der Waals surface area (Å²) in [7, 11) is -1.70.